The van der Waals surface area contributed by atoms with Crippen molar-refractivity contribution in [1.82, 2.24) is 10.2 Å². The van der Waals surface area contributed by atoms with Crippen LogP contribution < -0.4 is 5.32 Å². The minimum absolute atomic E-state index is 0.0120. The number of carbonyl (C=O) groups is 2. The summed E-state index contributed by atoms with van der Waals surface area (Å²) in [6, 6.07) is -0.213. The monoisotopic (exact) mass is 244 g/mol. The molecule has 2 amide bonds. The van der Waals surface area contributed by atoms with E-state index >= 15 is 0 Å². The zero-order valence-electron chi connectivity index (χ0n) is 11.4. The molecule has 100 valence electrons. The fourth-order valence-electron chi connectivity index (χ4n) is 1.26. The topological polar surface area (TPSA) is 69.6 Å². The average molecular weight is 244 g/mol. The number of urea groups is 1. The molecule has 0 radical (unpaired) electrons. The second kappa shape index (κ2) is 6.47. The van der Waals surface area contributed by atoms with Crippen LogP contribution in [0.2, 0.25) is 0 Å². The van der Waals surface area contributed by atoms with Gasteiger partial charge in [0, 0.05) is 18.1 Å². The van der Waals surface area contributed by atoms with Gasteiger partial charge in [0.1, 0.15) is 0 Å². The van der Waals surface area contributed by atoms with Gasteiger partial charge in [-0.05, 0) is 34.1 Å². The van der Waals surface area contributed by atoms with Crippen LogP contribution in [0.3, 0.4) is 0 Å². The van der Waals surface area contributed by atoms with E-state index in [1.807, 2.05) is 34.6 Å². The SMILES string of the molecule is CCC(C)(C)NC(=O)N(CCC(=O)O)C(C)C. The van der Waals surface area contributed by atoms with Crippen LogP contribution in [-0.4, -0.2) is 40.1 Å². The van der Waals surface area contributed by atoms with E-state index in [1.54, 1.807) is 4.90 Å². The largest absolute Gasteiger partial charge is 0.481 e. The predicted octanol–water partition coefficient (Wildman–Crippen LogP) is 2.07. The Morgan fingerprint density at radius 1 is 1.35 bits per heavy atom. The fraction of sp³-hybridized carbons (Fsp3) is 0.833. The molecule has 0 rings (SSSR count). The summed E-state index contributed by atoms with van der Waals surface area (Å²) in [6.07, 6.45) is 0.793. The molecular weight excluding hydrogens is 220 g/mol. The van der Waals surface area contributed by atoms with Crippen LogP contribution in [0.5, 0.6) is 0 Å². The quantitative estimate of drug-likeness (QED) is 0.751. The van der Waals surface area contributed by atoms with Crippen molar-refractivity contribution in [3.63, 3.8) is 0 Å². The van der Waals surface area contributed by atoms with E-state index in [0.717, 1.165) is 6.42 Å². The molecule has 0 unspecified atom stereocenters. The van der Waals surface area contributed by atoms with Gasteiger partial charge in [0.15, 0.2) is 0 Å². The van der Waals surface area contributed by atoms with Crippen molar-refractivity contribution in [1.29, 1.82) is 0 Å². The molecule has 0 aromatic carbocycles. The first-order valence-electron chi connectivity index (χ1n) is 6.00. The maximum absolute atomic E-state index is 12.0. The summed E-state index contributed by atoms with van der Waals surface area (Å²) >= 11 is 0. The zero-order valence-corrected chi connectivity index (χ0v) is 11.4. The summed E-state index contributed by atoms with van der Waals surface area (Å²) in [5.74, 6) is -0.891. The molecule has 0 spiro atoms. The highest BCUT2D eigenvalue weighted by Crippen LogP contribution is 2.09. The third-order valence-electron chi connectivity index (χ3n) is 2.78. The lowest BCUT2D eigenvalue weighted by molar-refractivity contribution is -0.137. The first-order valence-corrected chi connectivity index (χ1v) is 6.00. The van der Waals surface area contributed by atoms with Crippen LogP contribution in [0.15, 0.2) is 0 Å². The van der Waals surface area contributed by atoms with E-state index in [-0.39, 0.29) is 30.6 Å². The maximum atomic E-state index is 12.0. The molecule has 5 heteroatoms. The summed E-state index contributed by atoms with van der Waals surface area (Å²) < 4.78 is 0. The molecule has 0 saturated heterocycles. The molecule has 0 aromatic rings. The molecule has 0 aliphatic heterocycles. The van der Waals surface area contributed by atoms with Gasteiger partial charge in [0.25, 0.3) is 0 Å². The predicted molar refractivity (Wildman–Crippen MR) is 67.0 cm³/mol. The van der Waals surface area contributed by atoms with Crippen LogP contribution in [0.25, 0.3) is 0 Å². The third-order valence-corrected chi connectivity index (χ3v) is 2.78. The van der Waals surface area contributed by atoms with Gasteiger partial charge in [0.2, 0.25) is 0 Å². The summed E-state index contributed by atoms with van der Waals surface area (Å²) in [4.78, 5) is 24.1. The number of carboxylic acids is 1. The summed E-state index contributed by atoms with van der Waals surface area (Å²) in [5, 5.41) is 11.6. The number of aliphatic carboxylic acids is 1. The summed E-state index contributed by atoms with van der Waals surface area (Å²) in [5.41, 5.74) is -0.270. The van der Waals surface area contributed by atoms with E-state index < -0.39 is 5.97 Å². The Bertz CT molecular complexity index is 275. The van der Waals surface area contributed by atoms with E-state index in [9.17, 15) is 9.59 Å². The third kappa shape index (κ3) is 6.14. The summed E-state index contributed by atoms with van der Waals surface area (Å²) in [6.45, 7) is 9.87. The van der Waals surface area contributed by atoms with Crippen LogP contribution in [-0.2, 0) is 4.79 Å². The van der Waals surface area contributed by atoms with E-state index in [4.69, 9.17) is 5.11 Å². The number of nitrogens with one attached hydrogen (secondary N) is 1. The van der Waals surface area contributed by atoms with Crippen molar-refractivity contribution in [3.05, 3.63) is 0 Å². The molecule has 0 bridgehead atoms. The number of carboxylic acid groups (broad SMARTS) is 1. The smallest absolute Gasteiger partial charge is 0.318 e. The van der Waals surface area contributed by atoms with E-state index in [0.29, 0.717) is 0 Å². The molecule has 0 aliphatic carbocycles. The van der Waals surface area contributed by atoms with Gasteiger partial charge >= 0.3 is 12.0 Å². The Morgan fingerprint density at radius 2 is 1.88 bits per heavy atom. The first-order chi connectivity index (χ1) is 7.69. The molecule has 0 fully saturated rings. The minimum atomic E-state index is -0.891. The summed E-state index contributed by atoms with van der Waals surface area (Å²) in [7, 11) is 0. The van der Waals surface area contributed by atoms with Gasteiger partial charge in [-0.2, -0.15) is 0 Å². The first kappa shape index (κ1) is 15.7. The standard InChI is InChI=1S/C12H24N2O3/c1-6-12(4,5)13-11(17)14(9(2)3)8-7-10(15)16/h9H,6-8H2,1-5H3,(H,13,17)(H,15,16). The molecule has 0 saturated carbocycles. The molecular formula is C12H24N2O3. The van der Waals surface area contributed by atoms with Crippen molar-refractivity contribution >= 4 is 12.0 Å². The lowest BCUT2D eigenvalue weighted by Crippen LogP contribution is -2.52. The second-order valence-corrected chi connectivity index (χ2v) is 5.10. The lowest BCUT2D eigenvalue weighted by atomic mass is 10.0. The van der Waals surface area contributed by atoms with Crippen molar-refractivity contribution in [3.8, 4) is 0 Å². The Kier molecular flexibility index (Phi) is 5.99. The van der Waals surface area contributed by atoms with Crippen LogP contribution >= 0.6 is 0 Å². The molecule has 0 aromatic heterocycles. The second-order valence-electron chi connectivity index (χ2n) is 5.10. The molecule has 2 N–H and O–H groups in total. The number of hydrogen-bond acceptors (Lipinski definition) is 2. The highest BCUT2D eigenvalue weighted by Gasteiger charge is 2.23. The van der Waals surface area contributed by atoms with Crippen molar-refractivity contribution < 1.29 is 14.7 Å². The number of amides is 2. The molecule has 0 atom stereocenters. The number of rotatable bonds is 6. The van der Waals surface area contributed by atoms with E-state index in [2.05, 4.69) is 5.32 Å². The Labute approximate surface area is 103 Å². The molecule has 17 heavy (non-hydrogen) atoms. The van der Waals surface area contributed by atoms with Gasteiger partial charge in [-0.15, -0.1) is 0 Å². The van der Waals surface area contributed by atoms with E-state index in [1.165, 1.54) is 0 Å². The van der Waals surface area contributed by atoms with Crippen LogP contribution in [0.4, 0.5) is 4.79 Å². The zero-order chi connectivity index (χ0) is 13.6. The highest BCUT2D eigenvalue weighted by atomic mass is 16.4. The van der Waals surface area contributed by atoms with Crippen molar-refractivity contribution in [2.45, 2.75) is 59.0 Å². The Balaban J connectivity index is 4.50. The van der Waals surface area contributed by atoms with Crippen LogP contribution in [0, 0.1) is 0 Å². The molecule has 5 nitrogen and oxygen atoms in total. The Hall–Kier alpha value is -1.26. The van der Waals surface area contributed by atoms with Gasteiger partial charge in [-0.3, -0.25) is 4.79 Å². The lowest BCUT2D eigenvalue weighted by Gasteiger charge is -2.32. The van der Waals surface area contributed by atoms with Gasteiger partial charge in [0.05, 0.1) is 6.42 Å². The van der Waals surface area contributed by atoms with Gasteiger partial charge in [-0.1, -0.05) is 6.92 Å². The van der Waals surface area contributed by atoms with Gasteiger partial charge < -0.3 is 15.3 Å². The number of hydrogen-bond donors (Lipinski definition) is 2. The van der Waals surface area contributed by atoms with Crippen LogP contribution in [0.1, 0.15) is 47.5 Å². The number of carbonyl (C=O) groups excluding carboxylic acids is 1. The fourth-order valence-corrected chi connectivity index (χ4v) is 1.26. The van der Waals surface area contributed by atoms with Crippen molar-refractivity contribution in [2.24, 2.45) is 0 Å². The molecule has 0 heterocycles. The van der Waals surface area contributed by atoms with Crippen molar-refractivity contribution in [2.75, 3.05) is 6.54 Å². The molecule has 0 aliphatic rings. The highest BCUT2D eigenvalue weighted by molar-refractivity contribution is 5.76. The minimum Gasteiger partial charge on any atom is -0.481 e. The normalized spacial score (nSPS) is 11.4. The maximum Gasteiger partial charge on any atom is 0.318 e. The number of nitrogens with zero attached hydrogens (tertiary/aromatic N) is 1. The average Bonchev–Trinajstić information content (AvgIpc) is 2.16. The van der Waals surface area contributed by atoms with Gasteiger partial charge in [-0.25, -0.2) is 4.79 Å². The Morgan fingerprint density at radius 3 is 2.24 bits per heavy atom.